The normalized spacial score (nSPS) is 14.2. The molecule has 1 heterocycles. The Kier molecular flexibility index (Phi) is 4.77. The van der Waals surface area contributed by atoms with Crippen LogP contribution in [0.1, 0.15) is 32.0 Å². The molecule has 108 valence electrons. The van der Waals surface area contributed by atoms with E-state index < -0.39 is 0 Å². The van der Waals surface area contributed by atoms with Gasteiger partial charge in [-0.25, -0.2) is 4.39 Å². The molecule has 1 aromatic heterocycles. The van der Waals surface area contributed by atoms with E-state index in [4.69, 9.17) is 10.3 Å². The van der Waals surface area contributed by atoms with Gasteiger partial charge in [-0.2, -0.15) is 4.98 Å². The predicted octanol–water partition coefficient (Wildman–Crippen LogP) is 3.13. The number of hydrogen-bond acceptors (Lipinski definition) is 5. The van der Waals surface area contributed by atoms with E-state index in [1.54, 1.807) is 6.07 Å². The summed E-state index contributed by atoms with van der Waals surface area (Å²) in [5.74, 6) is 1.46. The minimum absolute atomic E-state index is 0.245. The van der Waals surface area contributed by atoms with E-state index in [9.17, 15) is 4.39 Å². The molecule has 0 saturated heterocycles. The molecule has 4 nitrogen and oxygen atoms in total. The van der Waals surface area contributed by atoms with Crippen LogP contribution < -0.4 is 5.73 Å². The summed E-state index contributed by atoms with van der Waals surface area (Å²) >= 11 is 1.47. The third-order valence-electron chi connectivity index (χ3n) is 3.38. The Morgan fingerprint density at radius 3 is 2.90 bits per heavy atom. The molecule has 2 rings (SSSR count). The Morgan fingerprint density at radius 1 is 1.45 bits per heavy atom. The van der Waals surface area contributed by atoms with Crippen LogP contribution in [0.4, 0.5) is 4.39 Å². The lowest BCUT2D eigenvalue weighted by molar-refractivity contribution is 0.289. The van der Waals surface area contributed by atoms with Crippen LogP contribution in [0.3, 0.4) is 0 Å². The fourth-order valence-electron chi connectivity index (χ4n) is 1.65. The Bertz CT molecular complexity index is 569. The van der Waals surface area contributed by atoms with Gasteiger partial charge in [-0.3, -0.25) is 0 Å². The fraction of sp³-hybridized carbons (Fsp3) is 0.429. The molecule has 0 aliphatic carbocycles. The second-order valence-electron chi connectivity index (χ2n) is 4.88. The first kappa shape index (κ1) is 15.0. The molecule has 0 bridgehead atoms. The summed E-state index contributed by atoms with van der Waals surface area (Å²) in [7, 11) is 0. The van der Waals surface area contributed by atoms with Gasteiger partial charge < -0.3 is 10.3 Å². The van der Waals surface area contributed by atoms with Crippen molar-refractivity contribution in [1.29, 1.82) is 0 Å². The average molecular weight is 295 g/mol. The minimum Gasteiger partial charge on any atom is -0.339 e. The monoisotopic (exact) mass is 295 g/mol. The summed E-state index contributed by atoms with van der Waals surface area (Å²) in [6.45, 7) is 4.50. The average Bonchev–Trinajstić information content (AvgIpc) is 2.94. The molecule has 6 heteroatoms. The highest BCUT2D eigenvalue weighted by Gasteiger charge is 2.29. The number of aromatic nitrogens is 2. The van der Waals surface area contributed by atoms with Crippen LogP contribution in [0.2, 0.25) is 0 Å². The largest absolute Gasteiger partial charge is 0.339 e. The lowest BCUT2D eigenvalue weighted by atomic mass is 9.88. The first-order valence-corrected chi connectivity index (χ1v) is 7.47. The van der Waals surface area contributed by atoms with Crippen molar-refractivity contribution < 1.29 is 8.91 Å². The van der Waals surface area contributed by atoms with Crippen molar-refractivity contribution in [3.05, 3.63) is 41.8 Å². The molecule has 0 radical (unpaired) electrons. The number of rotatable bonds is 6. The second kappa shape index (κ2) is 6.37. The highest BCUT2D eigenvalue weighted by atomic mass is 32.2. The third kappa shape index (κ3) is 3.37. The zero-order chi connectivity index (χ0) is 14.6. The quantitative estimate of drug-likeness (QED) is 0.829. The van der Waals surface area contributed by atoms with Crippen molar-refractivity contribution in [2.75, 3.05) is 6.54 Å². The maximum Gasteiger partial charge on any atom is 0.233 e. The molecule has 0 spiro atoms. The zero-order valence-corrected chi connectivity index (χ0v) is 12.4. The van der Waals surface area contributed by atoms with Crippen molar-refractivity contribution in [2.24, 2.45) is 5.73 Å². The van der Waals surface area contributed by atoms with Gasteiger partial charge in [0.15, 0.2) is 5.82 Å². The van der Waals surface area contributed by atoms with Gasteiger partial charge in [0.25, 0.3) is 0 Å². The van der Waals surface area contributed by atoms with E-state index in [-0.39, 0.29) is 11.2 Å². The fourth-order valence-corrected chi connectivity index (χ4v) is 2.43. The first-order chi connectivity index (χ1) is 9.57. The molecule has 2 aromatic rings. The summed E-state index contributed by atoms with van der Waals surface area (Å²) in [6, 6.07) is 6.44. The van der Waals surface area contributed by atoms with E-state index in [0.717, 1.165) is 11.3 Å². The number of nitrogens with zero attached hydrogens (tertiary/aromatic N) is 2. The molecule has 20 heavy (non-hydrogen) atoms. The van der Waals surface area contributed by atoms with Gasteiger partial charge in [0, 0.05) is 11.4 Å². The van der Waals surface area contributed by atoms with Crippen molar-refractivity contribution in [1.82, 2.24) is 10.1 Å². The van der Waals surface area contributed by atoms with E-state index >= 15 is 0 Å². The maximum atomic E-state index is 13.1. The topological polar surface area (TPSA) is 64.9 Å². The van der Waals surface area contributed by atoms with Crippen LogP contribution in [-0.4, -0.2) is 16.7 Å². The van der Waals surface area contributed by atoms with Crippen LogP contribution in [-0.2, 0) is 11.2 Å². The summed E-state index contributed by atoms with van der Waals surface area (Å²) in [5.41, 5.74) is 5.48. The molecule has 0 aliphatic rings. The van der Waals surface area contributed by atoms with Crippen LogP contribution in [0.15, 0.2) is 33.7 Å². The Balaban J connectivity index is 2.03. The molecule has 1 atom stereocenters. The van der Waals surface area contributed by atoms with Gasteiger partial charge in [0.2, 0.25) is 5.89 Å². The van der Waals surface area contributed by atoms with Crippen molar-refractivity contribution in [3.63, 3.8) is 0 Å². The highest BCUT2D eigenvalue weighted by Crippen LogP contribution is 2.26. The standard InChI is InChI=1S/C14H18FN3OS/c1-3-14(2,9-16)13-17-12(18-19-13)8-20-11-6-4-5-10(15)7-11/h4-7H,3,8-9,16H2,1-2H3. The summed E-state index contributed by atoms with van der Waals surface area (Å²) in [4.78, 5) is 5.23. The third-order valence-corrected chi connectivity index (χ3v) is 4.37. The summed E-state index contributed by atoms with van der Waals surface area (Å²) in [5, 5.41) is 3.96. The molecule has 1 unspecified atom stereocenters. The highest BCUT2D eigenvalue weighted by molar-refractivity contribution is 7.98. The molecule has 2 N–H and O–H groups in total. The van der Waals surface area contributed by atoms with Gasteiger partial charge >= 0.3 is 0 Å². The van der Waals surface area contributed by atoms with Crippen molar-refractivity contribution in [2.45, 2.75) is 36.3 Å². The smallest absolute Gasteiger partial charge is 0.233 e. The SMILES string of the molecule is CCC(C)(CN)c1nc(CSc2cccc(F)c2)no1. The summed E-state index contributed by atoms with van der Waals surface area (Å²) < 4.78 is 18.4. The Labute approximate surface area is 121 Å². The number of thioether (sulfide) groups is 1. The molecule has 0 saturated carbocycles. The van der Waals surface area contributed by atoms with Crippen LogP contribution in [0.25, 0.3) is 0 Å². The van der Waals surface area contributed by atoms with E-state index in [1.807, 2.05) is 19.9 Å². The predicted molar refractivity (Wildman–Crippen MR) is 77.0 cm³/mol. The van der Waals surface area contributed by atoms with Crippen LogP contribution in [0, 0.1) is 5.82 Å². The van der Waals surface area contributed by atoms with Crippen molar-refractivity contribution in [3.8, 4) is 0 Å². The Hall–Kier alpha value is -1.40. The van der Waals surface area contributed by atoms with Crippen molar-refractivity contribution >= 4 is 11.8 Å². The number of nitrogens with two attached hydrogens (primary N) is 1. The molecular formula is C14H18FN3OS. The van der Waals surface area contributed by atoms with Gasteiger partial charge in [-0.1, -0.05) is 18.1 Å². The number of hydrogen-bond donors (Lipinski definition) is 1. The first-order valence-electron chi connectivity index (χ1n) is 6.49. The zero-order valence-electron chi connectivity index (χ0n) is 11.6. The van der Waals surface area contributed by atoms with E-state index in [1.165, 1.54) is 23.9 Å². The molecule has 0 amide bonds. The van der Waals surface area contributed by atoms with Crippen LogP contribution in [0.5, 0.6) is 0 Å². The lowest BCUT2D eigenvalue weighted by Crippen LogP contribution is -2.31. The minimum atomic E-state index is -0.283. The lowest BCUT2D eigenvalue weighted by Gasteiger charge is -2.20. The second-order valence-corrected chi connectivity index (χ2v) is 5.93. The molecule has 0 aliphatic heterocycles. The van der Waals surface area contributed by atoms with Gasteiger partial charge in [0.1, 0.15) is 5.82 Å². The van der Waals surface area contributed by atoms with E-state index in [2.05, 4.69) is 10.1 Å². The van der Waals surface area contributed by atoms with Gasteiger partial charge in [-0.15, -0.1) is 11.8 Å². The molecular weight excluding hydrogens is 277 g/mol. The Morgan fingerprint density at radius 2 is 2.25 bits per heavy atom. The van der Waals surface area contributed by atoms with Gasteiger partial charge in [0.05, 0.1) is 11.2 Å². The van der Waals surface area contributed by atoms with Gasteiger partial charge in [-0.05, 0) is 31.5 Å². The molecule has 0 fully saturated rings. The summed E-state index contributed by atoms with van der Waals surface area (Å²) in [6.07, 6.45) is 0.835. The van der Waals surface area contributed by atoms with Crippen LogP contribution >= 0.6 is 11.8 Å². The number of benzene rings is 1. The number of halogens is 1. The molecule has 1 aromatic carbocycles. The maximum absolute atomic E-state index is 13.1. The van der Waals surface area contributed by atoms with E-state index in [0.29, 0.717) is 24.0 Å².